The van der Waals surface area contributed by atoms with E-state index in [0.29, 0.717) is 0 Å². The maximum Gasteiger partial charge on any atom is 0.485 e. The van der Waals surface area contributed by atoms with Crippen molar-refractivity contribution in [2.24, 2.45) is 0 Å². The highest BCUT2D eigenvalue weighted by atomic mass is 32.2. The molecule has 4 aromatic carbocycles. The SMILES string of the molecule is O=S(=O)([O-])C(F)(F)F.c1ccc(-c2cc(-c3ccccc3)c3c([o+]2)-c2cccc4cccc-3c24)cc1. The summed E-state index contributed by atoms with van der Waals surface area (Å²) in [5.74, 6) is 1.86. The van der Waals surface area contributed by atoms with E-state index in [1.54, 1.807) is 0 Å². The first-order valence-corrected chi connectivity index (χ1v) is 12.2. The molecule has 4 nitrogen and oxygen atoms in total. The lowest BCUT2D eigenvalue weighted by molar-refractivity contribution is -0.0517. The Morgan fingerprint density at radius 3 is 1.75 bits per heavy atom. The lowest BCUT2D eigenvalue weighted by Crippen LogP contribution is -2.21. The zero-order valence-corrected chi connectivity index (χ0v) is 19.3. The fourth-order valence-electron chi connectivity index (χ4n) is 4.30. The molecule has 0 bridgehead atoms. The Labute approximate surface area is 205 Å². The molecule has 0 atom stereocenters. The normalized spacial score (nSPS) is 12.1. The van der Waals surface area contributed by atoms with E-state index < -0.39 is 15.6 Å². The molecule has 0 fully saturated rings. The molecule has 0 amide bonds. The summed E-state index contributed by atoms with van der Waals surface area (Å²) in [6, 6.07) is 36.1. The van der Waals surface area contributed by atoms with Gasteiger partial charge in [0.25, 0.3) is 0 Å². The standard InChI is InChI=1S/C27H17O.CHF3O3S/c1-3-9-18(10-4-1)23-17-24(19-11-5-2-6-12-19)28-27-22-16-8-14-20-13-7-15-21(25(20)22)26(23)27;2-1(3,4)8(5,6)7/h1-17H;(H,5,6,7)/q+1;/p-1. The van der Waals surface area contributed by atoms with Crippen molar-refractivity contribution >= 4 is 20.9 Å². The van der Waals surface area contributed by atoms with E-state index in [1.165, 1.54) is 38.6 Å². The van der Waals surface area contributed by atoms with Crippen LogP contribution in [0.4, 0.5) is 13.2 Å². The fraction of sp³-hybridized carbons (Fsp3) is 0.0357. The maximum atomic E-state index is 10.7. The van der Waals surface area contributed by atoms with Gasteiger partial charge in [-0.2, -0.15) is 13.2 Å². The minimum absolute atomic E-state index is 0.892. The van der Waals surface area contributed by atoms with Gasteiger partial charge in [-0.3, -0.25) is 0 Å². The molecule has 1 aliphatic carbocycles. The van der Waals surface area contributed by atoms with E-state index in [9.17, 15) is 13.2 Å². The van der Waals surface area contributed by atoms with Crippen molar-refractivity contribution in [2.45, 2.75) is 5.51 Å². The number of hydrogen-bond donors (Lipinski definition) is 0. The second-order valence-electron chi connectivity index (χ2n) is 8.07. The van der Waals surface area contributed by atoms with E-state index in [-0.39, 0.29) is 0 Å². The van der Waals surface area contributed by atoms with Crippen molar-refractivity contribution in [1.82, 2.24) is 0 Å². The summed E-state index contributed by atoms with van der Waals surface area (Å²) < 4.78 is 65.4. The van der Waals surface area contributed by atoms with Crippen LogP contribution in [0.25, 0.3) is 55.7 Å². The van der Waals surface area contributed by atoms with Gasteiger partial charge < -0.3 is 4.55 Å². The van der Waals surface area contributed by atoms with Gasteiger partial charge in [-0.25, -0.2) is 12.8 Å². The zero-order valence-electron chi connectivity index (χ0n) is 18.5. The smallest absolute Gasteiger partial charge is 0.485 e. The molecule has 1 aromatic heterocycles. The predicted octanol–water partition coefficient (Wildman–Crippen LogP) is 7.75. The van der Waals surface area contributed by atoms with Gasteiger partial charge in [-0.05, 0) is 29.1 Å². The van der Waals surface area contributed by atoms with Crippen LogP contribution in [0.1, 0.15) is 0 Å². The molecule has 180 valence electrons. The average molecular weight is 507 g/mol. The maximum absolute atomic E-state index is 10.7. The number of hydrogen-bond acceptors (Lipinski definition) is 3. The van der Waals surface area contributed by atoms with Gasteiger partial charge in [0.1, 0.15) is 0 Å². The minimum atomic E-state index is -6.09. The molecule has 1 aliphatic rings. The molecule has 5 aromatic rings. The fourth-order valence-corrected chi connectivity index (χ4v) is 4.30. The van der Waals surface area contributed by atoms with Crippen LogP contribution in [0.15, 0.2) is 108 Å². The summed E-state index contributed by atoms with van der Waals surface area (Å²) in [5.41, 5.74) is 1.49. The second-order valence-corrected chi connectivity index (χ2v) is 9.44. The third-order valence-corrected chi connectivity index (χ3v) is 6.40. The van der Waals surface area contributed by atoms with Gasteiger partial charge in [-0.1, -0.05) is 78.9 Å². The van der Waals surface area contributed by atoms with Crippen LogP contribution in [0.2, 0.25) is 0 Å². The number of rotatable bonds is 2. The first-order valence-electron chi connectivity index (χ1n) is 10.8. The molecule has 0 radical (unpaired) electrons. The highest BCUT2D eigenvalue weighted by molar-refractivity contribution is 7.86. The Balaban J connectivity index is 0.000000292. The lowest BCUT2D eigenvalue weighted by atomic mass is 9.95. The summed E-state index contributed by atoms with van der Waals surface area (Å²) in [6.07, 6.45) is 0. The van der Waals surface area contributed by atoms with Gasteiger partial charge in [-0.15, -0.1) is 0 Å². The Hall–Kier alpha value is -4.01. The van der Waals surface area contributed by atoms with Crippen LogP contribution in [0.3, 0.4) is 0 Å². The Bertz CT molecular complexity index is 1680. The molecule has 0 spiro atoms. The van der Waals surface area contributed by atoms with E-state index in [2.05, 4.69) is 97.1 Å². The summed E-state index contributed by atoms with van der Waals surface area (Å²) in [4.78, 5) is 0. The molecule has 0 aliphatic heterocycles. The zero-order chi connectivity index (χ0) is 25.5. The molecular formula is C28H17F3O4S. The molecule has 0 N–H and O–H groups in total. The highest BCUT2D eigenvalue weighted by Gasteiger charge is 2.37. The van der Waals surface area contributed by atoms with Crippen LogP contribution >= 0.6 is 0 Å². The number of fused-ring (bicyclic) bond motifs is 3. The summed E-state index contributed by atoms with van der Waals surface area (Å²) in [5, 5.41) is 2.54. The third kappa shape index (κ3) is 4.25. The van der Waals surface area contributed by atoms with E-state index in [4.69, 9.17) is 17.4 Å². The van der Waals surface area contributed by atoms with Crippen molar-refractivity contribution in [2.75, 3.05) is 0 Å². The Kier molecular flexibility index (Phi) is 5.86. The summed E-state index contributed by atoms with van der Waals surface area (Å²) >= 11 is 0. The molecule has 6 rings (SSSR count). The monoisotopic (exact) mass is 506 g/mol. The van der Waals surface area contributed by atoms with E-state index >= 15 is 0 Å². The van der Waals surface area contributed by atoms with Gasteiger partial charge in [0.15, 0.2) is 10.1 Å². The minimum Gasteiger partial charge on any atom is -0.741 e. The number of alkyl halides is 3. The highest BCUT2D eigenvalue weighted by Crippen LogP contribution is 2.52. The van der Waals surface area contributed by atoms with Gasteiger partial charge >= 0.3 is 17.0 Å². The summed E-state index contributed by atoms with van der Waals surface area (Å²) in [6.45, 7) is 0. The van der Waals surface area contributed by atoms with Gasteiger partial charge in [0.05, 0.1) is 22.8 Å². The van der Waals surface area contributed by atoms with E-state index in [0.717, 1.165) is 17.1 Å². The van der Waals surface area contributed by atoms with Crippen LogP contribution in [0, 0.1) is 0 Å². The molecule has 0 saturated carbocycles. The van der Waals surface area contributed by atoms with Crippen LogP contribution in [0.5, 0.6) is 0 Å². The topological polar surface area (TPSA) is 68.5 Å². The van der Waals surface area contributed by atoms with Crippen LogP contribution in [-0.2, 0) is 10.1 Å². The third-order valence-electron chi connectivity index (χ3n) is 5.83. The lowest BCUT2D eigenvalue weighted by Gasteiger charge is -2.08. The first kappa shape index (κ1) is 23.7. The van der Waals surface area contributed by atoms with Crippen molar-refractivity contribution < 1.29 is 30.6 Å². The van der Waals surface area contributed by atoms with Crippen molar-refractivity contribution in [3.8, 4) is 44.9 Å². The second kappa shape index (κ2) is 8.89. The largest absolute Gasteiger partial charge is 0.741 e. The van der Waals surface area contributed by atoms with Crippen molar-refractivity contribution in [3.63, 3.8) is 0 Å². The molecule has 0 unspecified atom stereocenters. The van der Waals surface area contributed by atoms with Crippen LogP contribution in [-0.4, -0.2) is 18.5 Å². The van der Waals surface area contributed by atoms with Gasteiger partial charge in [0, 0.05) is 16.5 Å². The van der Waals surface area contributed by atoms with Crippen molar-refractivity contribution in [1.29, 1.82) is 0 Å². The number of halogens is 3. The molecule has 36 heavy (non-hydrogen) atoms. The first-order chi connectivity index (χ1) is 17.1. The summed E-state index contributed by atoms with van der Waals surface area (Å²) in [7, 11) is -6.09. The van der Waals surface area contributed by atoms with Crippen molar-refractivity contribution in [3.05, 3.63) is 103 Å². The Morgan fingerprint density at radius 1 is 0.667 bits per heavy atom. The predicted molar refractivity (Wildman–Crippen MR) is 132 cm³/mol. The van der Waals surface area contributed by atoms with Gasteiger partial charge in [0.2, 0.25) is 0 Å². The number of benzene rings is 4. The molecule has 1 heterocycles. The quantitative estimate of drug-likeness (QED) is 0.137. The average Bonchev–Trinajstić information content (AvgIpc) is 3.19. The van der Waals surface area contributed by atoms with E-state index in [1.807, 2.05) is 6.07 Å². The molecule has 8 heteroatoms. The molecule has 0 saturated heterocycles. The van der Waals surface area contributed by atoms with Crippen LogP contribution < -0.4 is 0 Å². The Morgan fingerprint density at radius 2 is 1.19 bits per heavy atom. The molecular weight excluding hydrogens is 489 g/mol.